The molecular weight excluding hydrogens is 382 g/mol. The van der Waals surface area contributed by atoms with Crippen molar-refractivity contribution in [3.8, 4) is 0 Å². The zero-order chi connectivity index (χ0) is 22.6. The number of allylic oxidation sites excluding steroid dienone is 2. The van der Waals surface area contributed by atoms with Gasteiger partial charge < -0.3 is 5.32 Å². The van der Waals surface area contributed by atoms with Crippen LogP contribution in [0.15, 0.2) is 17.1 Å². The van der Waals surface area contributed by atoms with Crippen LogP contribution < -0.4 is 5.32 Å². The maximum absolute atomic E-state index is 11.2. The number of carbonyl (C=O) groups is 1. The highest BCUT2D eigenvalue weighted by molar-refractivity contribution is 5.72. The van der Waals surface area contributed by atoms with Crippen molar-refractivity contribution >= 4 is 12.1 Å². The Morgan fingerprint density at radius 1 is 0.935 bits per heavy atom. The van der Waals surface area contributed by atoms with Crippen molar-refractivity contribution in [3.63, 3.8) is 0 Å². The Morgan fingerprint density at radius 3 is 2.10 bits per heavy atom. The minimum atomic E-state index is 0.0692. The molecule has 0 aromatic heterocycles. The molecule has 1 heterocycles. The van der Waals surface area contributed by atoms with Gasteiger partial charge in [0, 0.05) is 13.3 Å². The largest absolute Gasteiger partial charge is 0.351 e. The Balaban J connectivity index is 1.98. The number of rotatable bonds is 20. The third-order valence-corrected chi connectivity index (χ3v) is 6.89. The van der Waals surface area contributed by atoms with Crippen LogP contribution in [0.5, 0.6) is 0 Å². The van der Waals surface area contributed by atoms with E-state index in [1.165, 1.54) is 96.3 Å². The molecule has 1 N–H and O–H groups in total. The lowest BCUT2D eigenvalue weighted by atomic mass is 10.1. The van der Waals surface area contributed by atoms with Gasteiger partial charge in [0.05, 0.1) is 25.8 Å². The van der Waals surface area contributed by atoms with Crippen molar-refractivity contribution in [2.45, 2.75) is 123 Å². The molecule has 4 nitrogen and oxygen atoms in total. The highest BCUT2D eigenvalue weighted by Gasteiger charge is 2.37. The Hall–Kier alpha value is -1.16. The quantitative estimate of drug-likeness (QED) is 0.128. The first-order chi connectivity index (χ1) is 15.1. The lowest BCUT2D eigenvalue weighted by molar-refractivity contribution is -0.935. The fourth-order valence-electron chi connectivity index (χ4n) is 4.71. The second-order valence-electron chi connectivity index (χ2n) is 9.46. The second-order valence-corrected chi connectivity index (χ2v) is 9.46. The number of nitrogens with zero attached hydrogens (tertiary/aromatic N) is 2. The van der Waals surface area contributed by atoms with Gasteiger partial charge in [-0.3, -0.25) is 9.28 Å². The third kappa shape index (κ3) is 13.1. The maximum atomic E-state index is 11.2. The van der Waals surface area contributed by atoms with E-state index in [9.17, 15) is 4.79 Å². The third-order valence-electron chi connectivity index (χ3n) is 6.89. The average Bonchev–Trinajstić information content (AvgIpc) is 3.16. The summed E-state index contributed by atoms with van der Waals surface area (Å²) in [6.45, 7) is 10.0. The van der Waals surface area contributed by atoms with Gasteiger partial charge in [0.15, 0.2) is 6.17 Å². The van der Waals surface area contributed by atoms with Gasteiger partial charge in [-0.1, -0.05) is 76.9 Å². The number of amides is 1. The first-order valence-electron chi connectivity index (χ1n) is 13.4. The van der Waals surface area contributed by atoms with Crippen molar-refractivity contribution < 1.29 is 9.28 Å². The van der Waals surface area contributed by atoms with E-state index in [0.717, 1.165) is 30.7 Å². The van der Waals surface area contributed by atoms with Crippen LogP contribution in [0.3, 0.4) is 0 Å². The standard InChI is InChI=1S/C27H51N3O/c1-4-6-7-8-9-10-11-12-13-14-15-16-17-18-19-20-21-27-29-23-25-30(27,5-2)24-22-28-26(3)31/h11-12,23,27H,4-10,13-22,24-25H2,1-3H3/p+1/b12-11+. The summed E-state index contributed by atoms with van der Waals surface area (Å²) >= 11 is 0. The fourth-order valence-corrected chi connectivity index (χ4v) is 4.71. The van der Waals surface area contributed by atoms with E-state index < -0.39 is 0 Å². The van der Waals surface area contributed by atoms with Crippen molar-refractivity contribution in [1.82, 2.24) is 5.32 Å². The fraction of sp³-hybridized carbons (Fsp3) is 0.852. The predicted molar refractivity (Wildman–Crippen MR) is 136 cm³/mol. The summed E-state index contributed by atoms with van der Waals surface area (Å²) < 4.78 is 1.02. The van der Waals surface area contributed by atoms with Crippen molar-refractivity contribution in [1.29, 1.82) is 0 Å². The minimum Gasteiger partial charge on any atom is -0.351 e. The molecule has 2 unspecified atom stereocenters. The Labute approximate surface area is 193 Å². The van der Waals surface area contributed by atoms with Crippen LogP contribution in [0.4, 0.5) is 0 Å². The van der Waals surface area contributed by atoms with E-state index >= 15 is 0 Å². The van der Waals surface area contributed by atoms with Crippen molar-refractivity contribution in [2.24, 2.45) is 4.99 Å². The number of hydrogen-bond donors (Lipinski definition) is 1. The van der Waals surface area contributed by atoms with E-state index in [0.29, 0.717) is 6.17 Å². The summed E-state index contributed by atoms with van der Waals surface area (Å²) in [5, 5.41) is 2.96. The van der Waals surface area contributed by atoms with Gasteiger partial charge in [0.1, 0.15) is 6.54 Å². The predicted octanol–water partition coefficient (Wildman–Crippen LogP) is 6.80. The number of hydrogen-bond acceptors (Lipinski definition) is 2. The number of aliphatic imine (C=N–C) groups is 1. The van der Waals surface area contributed by atoms with Gasteiger partial charge >= 0.3 is 0 Å². The number of likely N-dealkylation sites (N-methyl/N-ethyl adjacent to an activating group) is 1. The highest BCUT2D eigenvalue weighted by Crippen LogP contribution is 2.24. The Morgan fingerprint density at radius 2 is 1.52 bits per heavy atom. The van der Waals surface area contributed by atoms with Crippen LogP contribution in [-0.2, 0) is 4.79 Å². The number of carbonyl (C=O) groups excluding carboxylic acids is 1. The molecule has 180 valence electrons. The summed E-state index contributed by atoms with van der Waals surface area (Å²) in [7, 11) is 0. The molecule has 0 aliphatic carbocycles. The molecule has 1 rings (SSSR count). The zero-order valence-electron chi connectivity index (χ0n) is 21.0. The Kier molecular flexibility index (Phi) is 16.6. The molecule has 0 spiro atoms. The molecule has 0 bridgehead atoms. The topological polar surface area (TPSA) is 41.5 Å². The molecule has 0 saturated heterocycles. The molecule has 0 fully saturated rings. The molecular formula is C27H52N3O+. The monoisotopic (exact) mass is 434 g/mol. The molecule has 1 aliphatic heterocycles. The van der Waals surface area contributed by atoms with E-state index in [4.69, 9.17) is 4.99 Å². The molecule has 1 amide bonds. The second kappa shape index (κ2) is 18.4. The number of quaternary nitrogens is 1. The molecule has 4 heteroatoms. The summed E-state index contributed by atoms with van der Waals surface area (Å²) in [5.41, 5.74) is 0. The first-order valence-corrected chi connectivity index (χ1v) is 13.4. The van der Waals surface area contributed by atoms with Crippen molar-refractivity contribution in [2.75, 3.05) is 26.2 Å². The summed E-state index contributed by atoms with van der Waals surface area (Å²) in [6, 6.07) is 0. The van der Waals surface area contributed by atoms with Crippen LogP contribution in [0, 0.1) is 0 Å². The SMILES string of the molecule is CCCCCCC/C=C/CCCCCCCCCC1N=CC[N+]1(CC)CCNC(C)=O. The zero-order valence-corrected chi connectivity index (χ0v) is 21.0. The molecule has 0 aromatic carbocycles. The van der Waals surface area contributed by atoms with Gasteiger partial charge in [-0.05, 0) is 39.0 Å². The minimum absolute atomic E-state index is 0.0692. The number of nitrogens with one attached hydrogen (secondary N) is 1. The van der Waals surface area contributed by atoms with Crippen LogP contribution in [0.25, 0.3) is 0 Å². The van der Waals surface area contributed by atoms with Gasteiger partial charge in [-0.2, -0.15) is 0 Å². The lowest BCUT2D eigenvalue weighted by Gasteiger charge is -2.38. The van der Waals surface area contributed by atoms with Crippen LogP contribution >= 0.6 is 0 Å². The summed E-state index contributed by atoms with van der Waals surface area (Å²) in [4.78, 5) is 16.0. The maximum Gasteiger partial charge on any atom is 0.217 e. The molecule has 0 aromatic rings. The van der Waals surface area contributed by atoms with Gasteiger partial charge in [0.2, 0.25) is 5.91 Å². The van der Waals surface area contributed by atoms with Crippen LogP contribution in [0.1, 0.15) is 117 Å². The lowest BCUT2D eigenvalue weighted by Crippen LogP contribution is -2.55. The van der Waals surface area contributed by atoms with Crippen LogP contribution in [0.2, 0.25) is 0 Å². The normalized spacial score (nSPS) is 20.7. The van der Waals surface area contributed by atoms with Gasteiger partial charge in [-0.25, -0.2) is 4.99 Å². The molecule has 31 heavy (non-hydrogen) atoms. The van der Waals surface area contributed by atoms with E-state index in [-0.39, 0.29) is 5.91 Å². The smallest absolute Gasteiger partial charge is 0.217 e. The van der Waals surface area contributed by atoms with E-state index in [1.54, 1.807) is 6.92 Å². The van der Waals surface area contributed by atoms with Gasteiger partial charge in [-0.15, -0.1) is 0 Å². The average molecular weight is 435 g/mol. The summed E-state index contributed by atoms with van der Waals surface area (Å²) in [6.07, 6.45) is 27.5. The molecule has 2 atom stereocenters. The molecule has 0 saturated carbocycles. The number of unbranched alkanes of at least 4 members (excludes halogenated alkanes) is 12. The Bertz CT molecular complexity index is 503. The summed E-state index contributed by atoms with van der Waals surface area (Å²) in [5.74, 6) is 0.0692. The van der Waals surface area contributed by atoms with E-state index in [2.05, 4.69) is 37.5 Å². The van der Waals surface area contributed by atoms with E-state index in [1.807, 2.05) is 0 Å². The van der Waals surface area contributed by atoms with Crippen LogP contribution in [-0.4, -0.2) is 48.9 Å². The highest BCUT2D eigenvalue weighted by atomic mass is 16.1. The van der Waals surface area contributed by atoms with Gasteiger partial charge in [0.25, 0.3) is 0 Å². The molecule has 0 radical (unpaired) electrons. The van der Waals surface area contributed by atoms with Crippen molar-refractivity contribution in [3.05, 3.63) is 12.2 Å². The molecule has 1 aliphatic rings. The first kappa shape index (κ1) is 27.9.